The van der Waals surface area contributed by atoms with Crippen LogP contribution < -0.4 is 9.47 Å². The van der Waals surface area contributed by atoms with Crippen molar-refractivity contribution < 1.29 is 19.4 Å². The van der Waals surface area contributed by atoms with Crippen LogP contribution in [0.15, 0.2) is 46.9 Å². The van der Waals surface area contributed by atoms with E-state index < -0.39 is 12.0 Å². The minimum atomic E-state index is -0.776. The summed E-state index contributed by atoms with van der Waals surface area (Å²) in [6.45, 7) is 0.726. The van der Waals surface area contributed by atoms with Crippen molar-refractivity contribution in [2.45, 2.75) is 31.3 Å². The molecular formula is C21H24BrNO4. The molecule has 0 spiro atoms. The van der Waals surface area contributed by atoms with Gasteiger partial charge in [0.2, 0.25) is 0 Å². The minimum Gasteiger partial charge on any atom is -0.497 e. The second kappa shape index (κ2) is 8.76. The molecule has 2 aromatic rings. The van der Waals surface area contributed by atoms with E-state index in [1.54, 1.807) is 14.2 Å². The van der Waals surface area contributed by atoms with Gasteiger partial charge >= 0.3 is 5.97 Å². The Morgan fingerprint density at radius 3 is 2.52 bits per heavy atom. The zero-order valence-corrected chi connectivity index (χ0v) is 17.1. The van der Waals surface area contributed by atoms with Gasteiger partial charge in [-0.3, -0.25) is 9.69 Å². The molecule has 1 heterocycles. The fourth-order valence-electron chi connectivity index (χ4n) is 3.78. The maximum atomic E-state index is 12.0. The smallest absolute Gasteiger partial charge is 0.320 e. The van der Waals surface area contributed by atoms with E-state index >= 15 is 0 Å². The van der Waals surface area contributed by atoms with Crippen LogP contribution in [0.3, 0.4) is 0 Å². The first-order valence-electron chi connectivity index (χ1n) is 9.01. The van der Waals surface area contributed by atoms with Crippen LogP contribution in [0.5, 0.6) is 11.5 Å². The molecule has 1 N–H and O–H groups in total. The molecule has 0 amide bonds. The van der Waals surface area contributed by atoms with Crippen LogP contribution in [0.1, 0.15) is 36.4 Å². The standard InChI is InChI=1S/C21H24BrNO4/c1-26-16-9-6-14(7-10-16)20(17-13-15(22)8-11-19(17)27-2)23-12-4-3-5-18(23)21(24)25/h6-11,13,18,20H,3-5,12H2,1-2H3,(H,24,25). The summed E-state index contributed by atoms with van der Waals surface area (Å²) < 4.78 is 11.8. The Morgan fingerprint density at radius 1 is 1.15 bits per heavy atom. The van der Waals surface area contributed by atoms with Gasteiger partial charge in [0.25, 0.3) is 0 Å². The van der Waals surface area contributed by atoms with Crippen LogP contribution in [-0.2, 0) is 4.79 Å². The molecule has 0 bridgehead atoms. The van der Waals surface area contributed by atoms with Crippen molar-refractivity contribution in [3.8, 4) is 11.5 Å². The number of nitrogens with zero attached hydrogens (tertiary/aromatic N) is 1. The zero-order valence-electron chi connectivity index (χ0n) is 15.5. The second-order valence-electron chi connectivity index (χ2n) is 6.65. The summed E-state index contributed by atoms with van der Waals surface area (Å²) in [6.07, 6.45) is 2.56. The predicted molar refractivity (Wildman–Crippen MR) is 108 cm³/mol. The van der Waals surface area contributed by atoms with Gasteiger partial charge in [-0.1, -0.05) is 34.5 Å². The number of halogens is 1. The van der Waals surface area contributed by atoms with Crippen LogP contribution in [0, 0.1) is 0 Å². The maximum Gasteiger partial charge on any atom is 0.320 e. The molecule has 27 heavy (non-hydrogen) atoms. The van der Waals surface area contributed by atoms with Crippen LogP contribution in [0.25, 0.3) is 0 Å². The largest absolute Gasteiger partial charge is 0.497 e. The third kappa shape index (κ3) is 4.28. The summed E-state index contributed by atoms with van der Waals surface area (Å²) >= 11 is 3.55. The Kier molecular flexibility index (Phi) is 6.39. The lowest BCUT2D eigenvalue weighted by atomic mass is 9.91. The quantitative estimate of drug-likeness (QED) is 0.726. The van der Waals surface area contributed by atoms with Gasteiger partial charge in [0.1, 0.15) is 17.5 Å². The summed E-state index contributed by atoms with van der Waals surface area (Å²) in [6, 6.07) is 12.9. The van der Waals surface area contributed by atoms with Crippen molar-refractivity contribution >= 4 is 21.9 Å². The fraction of sp³-hybridized carbons (Fsp3) is 0.381. The molecule has 2 atom stereocenters. The number of carboxylic acids is 1. The second-order valence-corrected chi connectivity index (χ2v) is 7.57. The van der Waals surface area contributed by atoms with Crippen molar-refractivity contribution in [2.24, 2.45) is 0 Å². The number of methoxy groups -OCH3 is 2. The van der Waals surface area contributed by atoms with Crippen LogP contribution in [0.4, 0.5) is 0 Å². The van der Waals surface area contributed by atoms with Gasteiger partial charge in [0.05, 0.1) is 20.3 Å². The van der Waals surface area contributed by atoms with Crippen LogP contribution >= 0.6 is 15.9 Å². The Morgan fingerprint density at radius 2 is 1.89 bits per heavy atom. The molecule has 5 nitrogen and oxygen atoms in total. The minimum absolute atomic E-state index is 0.218. The number of likely N-dealkylation sites (tertiary alicyclic amines) is 1. The third-order valence-corrected chi connectivity index (χ3v) is 5.57. The number of rotatable bonds is 6. The molecule has 1 fully saturated rings. The fourth-order valence-corrected chi connectivity index (χ4v) is 4.16. The van der Waals surface area contributed by atoms with Crippen LogP contribution in [-0.4, -0.2) is 42.8 Å². The first kappa shape index (κ1) is 19.7. The van der Waals surface area contributed by atoms with E-state index in [2.05, 4.69) is 20.8 Å². The lowest BCUT2D eigenvalue weighted by Gasteiger charge is -2.40. The van der Waals surface area contributed by atoms with Crippen molar-refractivity contribution in [3.05, 3.63) is 58.1 Å². The first-order chi connectivity index (χ1) is 13.0. The van der Waals surface area contributed by atoms with E-state index in [1.807, 2.05) is 42.5 Å². The number of carbonyl (C=O) groups is 1. The monoisotopic (exact) mass is 433 g/mol. The molecule has 1 saturated heterocycles. The Hall–Kier alpha value is -2.05. The molecule has 1 aliphatic rings. The van der Waals surface area contributed by atoms with Crippen molar-refractivity contribution in [1.29, 1.82) is 0 Å². The van der Waals surface area contributed by atoms with E-state index in [-0.39, 0.29) is 6.04 Å². The number of hydrogen-bond donors (Lipinski definition) is 1. The maximum absolute atomic E-state index is 12.0. The summed E-state index contributed by atoms with van der Waals surface area (Å²) in [5.41, 5.74) is 1.96. The van der Waals surface area contributed by atoms with E-state index in [0.29, 0.717) is 6.42 Å². The summed E-state index contributed by atoms with van der Waals surface area (Å²) in [5.74, 6) is 0.739. The lowest BCUT2D eigenvalue weighted by Crippen LogP contribution is -2.46. The van der Waals surface area contributed by atoms with Gasteiger partial charge in [0, 0.05) is 10.0 Å². The number of aliphatic carboxylic acids is 1. The Balaban J connectivity index is 2.13. The average molecular weight is 434 g/mol. The highest BCUT2D eigenvalue weighted by molar-refractivity contribution is 9.10. The van der Waals surface area contributed by atoms with Gasteiger partial charge in [-0.2, -0.15) is 0 Å². The van der Waals surface area contributed by atoms with Gasteiger partial charge in [-0.05, 0) is 55.3 Å². The molecule has 6 heteroatoms. The number of hydrogen-bond acceptors (Lipinski definition) is 4. The summed E-state index contributed by atoms with van der Waals surface area (Å²) in [4.78, 5) is 14.0. The lowest BCUT2D eigenvalue weighted by molar-refractivity contribution is -0.145. The molecular weight excluding hydrogens is 410 g/mol. The summed E-state index contributed by atoms with van der Waals surface area (Å²) in [7, 11) is 3.28. The first-order valence-corrected chi connectivity index (χ1v) is 9.80. The third-order valence-electron chi connectivity index (χ3n) is 5.08. The zero-order chi connectivity index (χ0) is 19.4. The molecule has 144 valence electrons. The van der Waals surface area contributed by atoms with Crippen LogP contribution in [0.2, 0.25) is 0 Å². The number of ether oxygens (including phenoxy) is 2. The molecule has 0 aromatic heterocycles. The Labute approximate surface area is 168 Å². The van der Waals surface area contributed by atoms with Gasteiger partial charge < -0.3 is 14.6 Å². The highest BCUT2D eigenvalue weighted by Gasteiger charge is 2.36. The van der Waals surface area contributed by atoms with Crippen molar-refractivity contribution in [3.63, 3.8) is 0 Å². The number of benzene rings is 2. The molecule has 1 aliphatic heterocycles. The van der Waals surface area contributed by atoms with E-state index in [9.17, 15) is 9.90 Å². The summed E-state index contributed by atoms with van der Waals surface area (Å²) in [5, 5.41) is 9.81. The topological polar surface area (TPSA) is 59.0 Å². The average Bonchev–Trinajstić information content (AvgIpc) is 2.69. The molecule has 2 unspecified atom stereocenters. The highest BCUT2D eigenvalue weighted by Crippen LogP contribution is 2.40. The van der Waals surface area contributed by atoms with Crippen molar-refractivity contribution in [1.82, 2.24) is 4.90 Å². The molecule has 2 aromatic carbocycles. The Bertz CT molecular complexity index is 793. The molecule has 0 radical (unpaired) electrons. The molecule has 0 aliphatic carbocycles. The number of piperidine rings is 1. The predicted octanol–water partition coefficient (Wildman–Crippen LogP) is 4.49. The molecule has 0 saturated carbocycles. The van der Waals surface area contributed by atoms with Gasteiger partial charge in [-0.15, -0.1) is 0 Å². The van der Waals surface area contributed by atoms with Gasteiger partial charge in [0.15, 0.2) is 0 Å². The molecule has 3 rings (SSSR count). The highest BCUT2D eigenvalue weighted by atomic mass is 79.9. The van der Waals surface area contributed by atoms with Gasteiger partial charge in [-0.25, -0.2) is 0 Å². The van der Waals surface area contributed by atoms with Crippen molar-refractivity contribution in [2.75, 3.05) is 20.8 Å². The van der Waals surface area contributed by atoms with E-state index in [1.165, 1.54) is 0 Å². The normalized spacial score (nSPS) is 18.7. The number of carboxylic acid groups (broad SMARTS) is 1. The van der Waals surface area contributed by atoms with E-state index in [0.717, 1.165) is 46.5 Å². The van der Waals surface area contributed by atoms with E-state index in [4.69, 9.17) is 9.47 Å². The SMILES string of the molecule is COc1ccc(C(c2cc(Br)ccc2OC)N2CCCCC2C(=O)O)cc1.